The Morgan fingerprint density at radius 2 is 2.04 bits per heavy atom. The first-order valence-electron chi connectivity index (χ1n) is 7.73. The molecule has 6 nitrogen and oxygen atoms in total. The fraction of sp³-hybridized carbons (Fsp3) is 0.353. The van der Waals surface area contributed by atoms with Crippen molar-refractivity contribution in [1.29, 1.82) is 0 Å². The van der Waals surface area contributed by atoms with E-state index in [4.69, 9.17) is 0 Å². The van der Waals surface area contributed by atoms with E-state index in [2.05, 4.69) is 14.8 Å². The molecule has 3 aromatic rings. The van der Waals surface area contributed by atoms with Gasteiger partial charge in [0.2, 0.25) is 0 Å². The maximum Gasteiger partial charge on any atom is 0.387 e. The molecular formula is C17H18F2N4O2. The van der Waals surface area contributed by atoms with Gasteiger partial charge in [0.1, 0.15) is 17.5 Å². The van der Waals surface area contributed by atoms with Gasteiger partial charge in [0.15, 0.2) is 5.65 Å². The van der Waals surface area contributed by atoms with Crippen molar-refractivity contribution >= 4 is 11.0 Å². The van der Waals surface area contributed by atoms with Gasteiger partial charge in [-0.3, -0.25) is 9.36 Å². The van der Waals surface area contributed by atoms with Crippen LogP contribution in [0.4, 0.5) is 8.78 Å². The molecule has 0 saturated carbocycles. The standard InChI is InChI=1S/C17H18F2N4O2/c1-17(2,3)23-14-13(8-21-23)15(24)22(10-20-14)9-11-5-4-6-12(7-11)25-16(18)19/h4-8,10,16H,9H2,1-3H3. The predicted octanol–water partition coefficient (Wildman–Crippen LogP) is 3.00. The molecule has 0 fully saturated rings. The van der Waals surface area contributed by atoms with Crippen molar-refractivity contribution in [3.63, 3.8) is 0 Å². The molecule has 1 aromatic carbocycles. The number of hydrogen-bond donors (Lipinski definition) is 0. The molecule has 8 heteroatoms. The Balaban J connectivity index is 1.95. The third kappa shape index (κ3) is 3.52. The van der Waals surface area contributed by atoms with Crippen molar-refractivity contribution in [3.05, 3.63) is 52.7 Å². The molecule has 0 atom stereocenters. The summed E-state index contributed by atoms with van der Waals surface area (Å²) < 4.78 is 32.1. The molecule has 0 aliphatic rings. The van der Waals surface area contributed by atoms with Crippen molar-refractivity contribution in [2.45, 2.75) is 39.5 Å². The average molecular weight is 348 g/mol. The Morgan fingerprint density at radius 1 is 1.28 bits per heavy atom. The number of hydrogen-bond acceptors (Lipinski definition) is 4. The van der Waals surface area contributed by atoms with Crippen LogP contribution < -0.4 is 10.3 Å². The zero-order valence-electron chi connectivity index (χ0n) is 14.1. The van der Waals surface area contributed by atoms with E-state index in [1.807, 2.05) is 20.8 Å². The number of fused-ring (bicyclic) bond motifs is 1. The Kier molecular flexibility index (Phi) is 4.28. The van der Waals surface area contributed by atoms with E-state index in [0.29, 0.717) is 16.6 Å². The molecule has 2 heterocycles. The number of nitrogens with zero attached hydrogens (tertiary/aromatic N) is 4. The molecule has 0 unspecified atom stereocenters. The Labute approximate surface area is 142 Å². The summed E-state index contributed by atoms with van der Waals surface area (Å²) in [5.41, 5.74) is 0.641. The van der Waals surface area contributed by atoms with Crippen LogP contribution in [0.25, 0.3) is 11.0 Å². The largest absolute Gasteiger partial charge is 0.435 e. The highest BCUT2D eigenvalue weighted by molar-refractivity contribution is 5.73. The van der Waals surface area contributed by atoms with E-state index >= 15 is 0 Å². The maximum absolute atomic E-state index is 12.7. The van der Waals surface area contributed by atoms with Crippen LogP contribution in [0, 0.1) is 0 Å². The van der Waals surface area contributed by atoms with Gasteiger partial charge in [0, 0.05) is 0 Å². The van der Waals surface area contributed by atoms with E-state index < -0.39 is 6.61 Å². The van der Waals surface area contributed by atoms with E-state index in [-0.39, 0.29) is 23.4 Å². The van der Waals surface area contributed by atoms with E-state index in [9.17, 15) is 13.6 Å². The molecule has 0 N–H and O–H groups in total. The van der Waals surface area contributed by atoms with E-state index in [0.717, 1.165) is 0 Å². The summed E-state index contributed by atoms with van der Waals surface area (Å²) in [7, 11) is 0. The zero-order valence-corrected chi connectivity index (χ0v) is 14.1. The summed E-state index contributed by atoms with van der Waals surface area (Å²) in [5, 5.41) is 4.67. The minimum Gasteiger partial charge on any atom is -0.435 e. The Bertz CT molecular complexity index is 957. The van der Waals surface area contributed by atoms with Crippen LogP contribution in [0.1, 0.15) is 26.3 Å². The number of aromatic nitrogens is 4. The summed E-state index contributed by atoms with van der Waals surface area (Å²) in [6, 6.07) is 6.24. The Hall–Kier alpha value is -2.77. The van der Waals surface area contributed by atoms with Crippen molar-refractivity contribution in [3.8, 4) is 5.75 Å². The normalized spacial score (nSPS) is 12.1. The van der Waals surface area contributed by atoms with Gasteiger partial charge in [0.25, 0.3) is 5.56 Å². The molecule has 0 radical (unpaired) electrons. The second-order valence-electron chi connectivity index (χ2n) is 6.67. The molecule has 0 bridgehead atoms. The minimum absolute atomic E-state index is 0.0511. The van der Waals surface area contributed by atoms with Gasteiger partial charge in [-0.15, -0.1) is 0 Å². The molecule has 0 aliphatic carbocycles. The summed E-state index contributed by atoms with van der Waals surface area (Å²) >= 11 is 0. The van der Waals surface area contributed by atoms with Gasteiger partial charge >= 0.3 is 6.61 Å². The molecule has 132 valence electrons. The first-order valence-corrected chi connectivity index (χ1v) is 7.73. The summed E-state index contributed by atoms with van der Waals surface area (Å²) in [6.45, 7) is 3.23. The van der Waals surface area contributed by atoms with Crippen molar-refractivity contribution in [1.82, 2.24) is 19.3 Å². The second kappa shape index (κ2) is 6.27. The summed E-state index contributed by atoms with van der Waals surface area (Å²) in [5.74, 6) is 0.0511. The average Bonchev–Trinajstić information content (AvgIpc) is 2.95. The van der Waals surface area contributed by atoms with E-state index in [1.54, 1.807) is 16.8 Å². The third-order valence-corrected chi connectivity index (χ3v) is 3.67. The SMILES string of the molecule is CC(C)(C)n1ncc2c(=O)n(Cc3cccc(OC(F)F)c3)cnc21. The van der Waals surface area contributed by atoms with Crippen LogP contribution in [-0.4, -0.2) is 25.9 Å². The number of alkyl halides is 2. The molecule has 3 rings (SSSR count). The van der Waals surface area contributed by atoms with E-state index in [1.165, 1.54) is 29.2 Å². The van der Waals surface area contributed by atoms with Gasteiger partial charge < -0.3 is 4.74 Å². The van der Waals surface area contributed by atoms with Crippen LogP contribution in [0.15, 0.2) is 41.6 Å². The number of ether oxygens (including phenoxy) is 1. The van der Waals surface area contributed by atoms with Gasteiger partial charge in [-0.2, -0.15) is 13.9 Å². The minimum atomic E-state index is -2.89. The molecule has 2 aromatic heterocycles. The quantitative estimate of drug-likeness (QED) is 0.727. The first kappa shape index (κ1) is 17.1. The summed E-state index contributed by atoms with van der Waals surface area (Å²) in [4.78, 5) is 17.0. The lowest BCUT2D eigenvalue weighted by Gasteiger charge is -2.19. The molecule has 0 aliphatic heterocycles. The monoisotopic (exact) mass is 348 g/mol. The van der Waals surface area contributed by atoms with Crippen LogP contribution in [0.2, 0.25) is 0 Å². The lowest BCUT2D eigenvalue weighted by atomic mass is 10.1. The zero-order chi connectivity index (χ0) is 18.2. The number of benzene rings is 1. The maximum atomic E-state index is 12.7. The van der Waals surface area contributed by atoms with Crippen molar-refractivity contribution in [2.75, 3.05) is 0 Å². The highest BCUT2D eigenvalue weighted by atomic mass is 19.3. The van der Waals surface area contributed by atoms with Crippen molar-refractivity contribution in [2.24, 2.45) is 0 Å². The molecule has 25 heavy (non-hydrogen) atoms. The lowest BCUT2D eigenvalue weighted by Crippen LogP contribution is -2.25. The van der Waals surface area contributed by atoms with Gasteiger partial charge in [0.05, 0.1) is 18.3 Å². The molecule has 0 saturated heterocycles. The van der Waals surface area contributed by atoms with Crippen LogP contribution >= 0.6 is 0 Å². The molecular weight excluding hydrogens is 330 g/mol. The van der Waals surface area contributed by atoms with Crippen molar-refractivity contribution < 1.29 is 13.5 Å². The van der Waals surface area contributed by atoms with Gasteiger partial charge in [-0.25, -0.2) is 9.67 Å². The molecule has 0 amide bonds. The highest BCUT2D eigenvalue weighted by Gasteiger charge is 2.19. The topological polar surface area (TPSA) is 61.9 Å². The van der Waals surface area contributed by atoms with Gasteiger partial charge in [-0.05, 0) is 38.5 Å². The lowest BCUT2D eigenvalue weighted by molar-refractivity contribution is -0.0498. The van der Waals surface area contributed by atoms with Crippen LogP contribution in [-0.2, 0) is 12.1 Å². The van der Waals surface area contributed by atoms with Crippen LogP contribution in [0.5, 0.6) is 5.75 Å². The first-order chi connectivity index (χ1) is 11.8. The Morgan fingerprint density at radius 3 is 2.72 bits per heavy atom. The predicted molar refractivity (Wildman–Crippen MR) is 89.0 cm³/mol. The fourth-order valence-electron chi connectivity index (χ4n) is 2.57. The fourth-order valence-corrected chi connectivity index (χ4v) is 2.57. The smallest absolute Gasteiger partial charge is 0.387 e. The van der Waals surface area contributed by atoms with Gasteiger partial charge in [-0.1, -0.05) is 12.1 Å². The second-order valence-corrected chi connectivity index (χ2v) is 6.67. The summed E-state index contributed by atoms with van der Waals surface area (Å²) in [6.07, 6.45) is 2.94. The van der Waals surface area contributed by atoms with Crippen LogP contribution in [0.3, 0.4) is 0 Å². The number of rotatable bonds is 4. The molecule has 0 spiro atoms. The number of halogens is 2. The highest BCUT2D eigenvalue weighted by Crippen LogP contribution is 2.19. The third-order valence-electron chi connectivity index (χ3n) is 3.67.